The molecule has 0 aromatic heterocycles. The summed E-state index contributed by atoms with van der Waals surface area (Å²) < 4.78 is 81.3. The maximum atomic E-state index is 13.4. The Morgan fingerprint density at radius 2 is 1.71 bits per heavy atom. The molecule has 1 aliphatic heterocycles. The minimum Gasteiger partial charge on any atom is -0.379 e. The summed E-state index contributed by atoms with van der Waals surface area (Å²) >= 11 is 0. The molecule has 0 spiro atoms. The van der Waals surface area contributed by atoms with Crippen LogP contribution >= 0.6 is 0 Å². The third-order valence-corrected chi connectivity index (χ3v) is 3.22. The molecule has 9 heteroatoms. The van der Waals surface area contributed by atoms with Gasteiger partial charge in [-0.25, -0.2) is 26.3 Å². The van der Waals surface area contributed by atoms with Crippen molar-refractivity contribution < 1.29 is 31.1 Å². The molecule has 1 fully saturated rings. The van der Waals surface area contributed by atoms with Crippen LogP contribution < -0.4 is 0 Å². The first-order valence-electron chi connectivity index (χ1n) is 6.65. The van der Waals surface area contributed by atoms with Crippen molar-refractivity contribution in [1.29, 1.82) is 0 Å². The Labute approximate surface area is 119 Å². The number of hydrogen-bond acceptors (Lipinski definition) is 3. The standard InChI is InChI=1S/C12H20F6N2O/c1-19(2-3-20-4-6-21-7-5-20)9-11(15,16)8-12(17,18)10(13)14/h10H,2-9H2,1H3. The predicted octanol–water partition coefficient (Wildman–Crippen LogP) is 2.18. The van der Waals surface area contributed by atoms with Gasteiger partial charge in [-0.05, 0) is 7.05 Å². The maximum absolute atomic E-state index is 13.4. The zero-order chi connectivity index (χ0) is 16.1. The summed E-state index contributed by atoms with van der Waals surface area (Å²) in [6.07, 6.45) is -6.22. The van der Waals surface area contributed by atoms with Crippen LogP contribution in [0.25, 0.3) is 0 Å². The van der Waals surface area contributed by atoms with Crippen molar-refractivity contribution in [3.63, 3.8) is 0 Å². The van der Waals surface area contributed by atoms with Gasteiger partial charge in [0.2, 0.25) is 0 Å². The van der Waals surface area contributed by atoms with Gasteiger partial charge in [0.15, 0.2) is 0 Å². The average Bonchev–Trinajstić information content (AvgIpc) is 2.35. The first kappa shape index (κ1) is 18.5. The molecule has 0 aromatic rings. The van der Waals surface area contributed by atoms with Crippen molar-refractivity contribution in [2.24, 2.45) is 0 Å². The van der Waals surface area contributed by atoms with E-state index in [1.54, 1.807) is 0 Å². The van der Waals surface area contributed by atoms with Gasteiger partial charge in [0.25, 0.3) is 5.92 Å². The Balaban J connectivity index is 2.35. The number of hydrogen-bond donors (Lipinski definition) is 0. The summed E-state index contributed by atoms with van der Waals surface area (Å²) in [5.41, 5.74) is 0. The molecule has 1 rings (SSSR count). The highest BCUT2D eigenvalue weighted by molar-refractivity contribution is 4.81. The average molecular weight is 322 g/mol. The van der Waals surface area contributed by atoms with Crippen LogP contribution in [0.1, 0.15) is 6.42 Å². The summed E-state index contributed by atoms with van der Waals surface area (Å²) in [4.78, 5) is 3.18. The smallest absolute Gasteiger partial charge is 0.313 e. The zero-order valence-corrected chi connectivity index (χ0v) is 11.8. The highest BCUT2D eigenvalue weighted by atomic mass is 19.3. The van der Waals surface area contributed by atoms with Crippen molar-refractivity contribution >= 4 is 0 Å². The molecule has 0 aromatic carbocycles. The van der Waals surface area contributed by atoms with Gasteiger partial charge in [-0.1, -0.05) is 0 Å². The highest BCUT2D eigenvalue weighted by Gasteiger charge is 2.50. The van der Waals surface area contributed by atoms with Crippen LogP contribution in [0.4, 0.5) is 26.3 Å². The molecule has 21 heavy (non-hydrogen) atoms. The summed E-state index contributed by atoms with van der Waals surface area (Å²) in [5.74, 6) is -8.53. The SMILES string of the molecule is CN(CCN1CCOCC1)CC(F)(F)CC(F)(F)C(F)F. The van der Waals surface area contributed by atoms with Crippen LogP contribution in [0.15, 0.2) is 0 Å². The molecular formula is C12H20F6N2O. The third-order valence-electron chi connectivity index (χ3n) is 3.22. The summed E-state index contributed by atoms with van der Waals surface area (Å²) in [6, 6.07) is 0. The topological polar surface area (TPSA) is 15.7 Å². The lowest BCUT2D eigenvalue weighted by atomic mass is 10.1. The van der Waals surface area contributed by atoms with Gasteiger partial charge in [0.05, 0.1) is 26.2 Å². The van der Waals surface area contributed by atoms with E-state index in [4.69, 9.17) is 4.74 Å². The van der Waals surface area contributed by atoms with Gasteiger partial charge >= 0.3 is 12.3 Å². The van der Waals surface area contributed by atoms with Gasteiger partial charge in [0.1, 0.15) is 0 Å². The second-order valence-electron chi connectivity index (χ2n) is 5.29. The molecule has 0 aliphatic carbocycles. The molecule has 0 bridgehead atoms. The number of morpholine rings is 1. The van der Waals surface area contributed by atoms with Crippen molar-refractivity contribution in [3.05, 3.63) is 0 Å². The molecule has 0 radical (unpaired) electrons. The molecule has 126 valence electrons. The van der Waals surface area contributed by atoms with Crippen LogP contribution in [-0.4, -0.2) is 81.1 Å². The molecule has 0 N–H and O–H groups in total. The number of alkyl halides is 6. The van der Waals surface area contributed by atoms with Crippen LogP contribution in [0.3, 0.4) is 0 Å². The van der Waals surface area contributed by atoms with Gasteiger partial charge in [-0.15, -0.1) is 0 Å². The van der Waals surface area contributed by atoms with Crippen molar-refractivity contribution in [3.8, 4) is 0 Å². The van der Waals surface area contributed by atoms with Gasteiger partial charge in [-0.3, -0.25) is 9.80 Å². The molecule has 0 unspecified atom stereocenters. The summed E-state index contributed by atoms with van der Waals surface area (Å²) in [6.45, 7) is 2.29. The summed E-state index contributed by atoms with van der Waals surface area (Å²) in [7, 11) is 1.36. The Hall–Kier alpha value is -0.540. The van der Waals surface area contributed by atoms with Crippen molar-refractivity contribution in [2.45, 2.75) is 24.7 Å². The van der Waals surface area contributed by atoms with E-state index in [-0.39, 0.29) is 6.54 Å². The molecule has 0 amide bonds. The lowest BCUT2D eigenvalue weighted by Gasteiger charge is -2.30. The molecule has 1 aliphatic rings. The number of likely N-dealkylation sites (N-methyl/N-ethyl adjacent to an activating group) is 1. The van der Waals surface area contributed by atoms with Crippen molar-refractivity contribution in [1.82, 2.24) is 9.80 Å². The monoisotopic (exact) mass is 322 g/mol. The fraction of sp³-hybridized carbons (Fsp3) is 1.00. The molecular weight excluding hydrogens is 302 g/mol. The number of halogens is 6. The molecule has 0 atom stereocenters. The largest absolute Gasteiger partial charge is 0.379 e. The second kappa shape index (κ2) is 7.64. The van der Waals surface area contributed by atoms with Crippen LogP contribution in [0.5, 0.6) is 0 Å². The van der Waals surface area contributed by atoms with E-state index in [9.17, 15) is 26.3 Å². The predicted molar refractivity (Wildman–Crippen MR) is 65.3 cm³/mol. The maximum Gasteiger partial charge on any atom is 0.313 e. The van der Waals surface area contributed by atoms with E-state index in [1.807, 2.05) is 4.90 Å². The first-order valence-corrected chi connectivity index (χ1v) is 6.65. The third kappa shape index (κ3) is 6.84. The molecule has 1 saturated heterocycles. The van der Waals surface area contributed by atoms with Crippen molar-refractivity contribution in [2.75, 3.05) is 53.0 Å². The fourth-order valence-electron chi connectivity index (χ4n) is 2.09. The van der Waals surface area contributed by atoms with E-state index in [0.29, 0.717) is 32.8 Å². The van der Waals surface area contributed by atoms with E-state index in [0.717, 1.165) is 0 Å². The second-order valence-corrected chi connectivity index (χ2v) is 5.29. The number of rotatable bonds is 8. The number of nitrogens with zero attached hydrogens (tertiary/aromatic N) is 2. The summed E-state index contributed by atoms with van der Waals surface area (Å²) in [5, 5.41) is 0. The van der Waals surface area contributed by atoms with Crippen LogP contribution in [-0.2, 0) is 4.74 Å². The molecule has 3 nitrogen and oxygen atoms in total. The van der Waals surface area contributed by atoms with Gasteiger partial charge in [0, 0.05) is 26.2 Å². The Morgan fingerprint density at radius 1 is 1.14 bits per heavy atom. The Bertz CT molecular complexity index is 310. The highest BCUT2D eigenvalue weighted by Crippen LogP contribution is 2.35. The number of ether oxygens (including phenoxy) is 1. The van der Waals surface area contributed by atoms with E-state index in [2.05, 4.69) is 0 Å². The molecule has 0 saturated carbocycles. The lowest BCUT2D eigenvalue weighted by Crippen LogP contribution is -2.45. The quantitative estimate of drug-likeness (QED) is 0.637. The van der Waals surface area contributed by atoms with E-state index < -0.39 is 31.2 Å². The van der Waals surface area contributed by atoms with E-state index >= 15 is 0 Å². The fourth-order valence-corrected chi connectivity index (χ4v) is 2.09. The molecule has 1 heterocycles. The van der Waals surface area contributed by atoms with Gasteiger partial charge < -0.3 is 4.74 Å². The zero-order valence-electron chi connectivity index (χ0n) is 11.8. The van der Waals surface area contributed by atoms with Crippen LogP contribution in [0.2, 0.25) is 0 Å². The van der Waals surface area contributed by atoms with Crippen LogP contribution in [0, 0.1) is 0 Å². The van der Waals surface area contributed by atoms with Gasteiger partial charge in [-0.2, -0.15) is 0 Å². The Kier molecular flexibility index (Phi) is 6.73. The minimum atomic E-state index is -4.67. The minimum absolute atomic E-state index is 0.246. The van der Waals surface area contributed by atoms with E-state index in [1.165, 1.54) is 11.9 Å². The lowest BCUT2D eigenvalue weighted by molar-refractivity contribution is -0.182. The first-order chi connectivity index (χ1) is 9.62. The Morgan fingerprint density at radius 3 is 2.24 bits per heavy atom. The normalized spacial score (nSPS) is 18.7.